The molecule has 62 heavy (non-hydrogen) atoms. The van der Waals surface area contributed by atoms with Crippen LogP contribution in [0.15, 0.2) is 131 Å². The van der Waals surface area contributed by atoms with Crippen LogP contribution in [0.5, 0.6) is 23.0 Å². The number of nitrogens with zero attached hydrogens (tertiary/aromatic N) is 5. The van der Waals surface area contributed by atoms with Gasteiger partial charge in [0, 0.05) is 60.4 Å². The van der Waals surface area contributed by atoms with Gasteiger partial charge < -0.3 is 15.2 Å². The van der Waals surface area contributed by atoms with E-state index >= 15 is 9.59 Å². The highest BCUT2D eigenvalue weighted by Crippen LogP contribution is 2.52. The standard InChI is InChI=1S/C50H28N6O6/c1-23-17-37-34(21-33(23)51)52-47-29-15-13-27-44-40(62-26-11-7-4-8-12-26)20-32-42-30(48-53-35-22-36(56(59)60)24(2)18-38(35)55(48)50(32)58)16-14-28(46(42)44)43-39(61-25-9-5-3-6-10-25)19-31(41(29)45(27)43)49(57)54(37)47/h3-22H,51H2,1-2H3. The summed E-state index contributed by atoms with van der Waals surface area (Å²) in [7, 11) is 0. The number of nitrogens with two attached hydrogens (primary N) is 1. The summed E-state index contributed by atoms with van der Waals surface area (Å²) in [5.41, 5.74) is 10.5. The van der Waals surface area contributed by atoms with Crippen molar-refractivity contribution in [1.29, 1.82) is 0 Å². The van der Waals surface area contributed by atoms with Crippen molar-refractivity contribution in [3.8, 4) is 23.0 Å². The largest absolute Gasteiger partial charge is 0.457 e. The zero-order valence-electron chi connectivity index (χ0n) is 32.8. The van der Waals surface area contributed by atoms with E-state index in [0.717, 1.165) is 48.7 Å². The number of aryl methyl sites for hydroxylation is 2. The molecule has 0 radical (unpaired) electrons. The van der Waals surface area contributed by atoms with Crippen LogP contribution in [-0.4, -0.2) is 23.7 Å². The van der Waals surface area contributed by atoms with Gasteiger partial charge in [-0.1, -0.05) is 48.5 Å². The van der Waals surface area contributed by atoms with Gasteiger partial charge in [0.25, 0.3) is 16.8 Å². The second-order valence-electron chi connectivity index (χ2n) is 16.0. The van der Waals surface area contributed by atoms with E-state index in [1.165, 1.54) is 10.5 Å². The van der Waals surface area contributed by atoms with Crippen LogP contribution >= 0.6 is 0 Å². The minimum Gasteiger partial charge on any atom is -0.457 e. The van der Waals surface area contributed by atoms with Gasteiger partial charge in [-0.3, -0.25) is 28.5 Å². The minimum atomic E-state index is -0.439. The number of nitrogen functional groups attached to an aromatic ring is 1. The van der Waals surface area contributed by atoms with Gasteiger partial charge in [-0.05, 0) is 96.9 Å². The van der Waals surface area contributed by atoms with E-state index in [1.807, 2.05) is 104 Å². The topological polar surface area (TPSA) is 156 Å². The number of nitro benzene ring substituents is 1. The van der Waals surface area contributed by atoms with Crippen LogP contribution < -0.4 is 26.3 Å². The zero-order valence-corrected chi connectivity index (χ0v) is 32.8. The number of hydrogen-bond donors (Lipinski definition) is 1. The molecule has 0 bridgehead atoms. The normalized spacial score (nSPS) is 12.4. The van der Waals surface area contributed by atoms with Crippen molar-refractivity contribution in [3.05, 3.63) is 163 Å². The maximum Gasteiger partial charge on any atom is 0.274 e. The number of para-hydroxylation sites is 2. The lowest BCUT2D eigenvalue weighted by Crippen LogP contribution is -2.14. The van der Waals surface area contributed by atoms with Gasteiger partial charge in [0.15, 0.2) is 0 Å². The molecule has 0 amide bonds. The first-order chi connectivity index (χ1) is 30.1. The van der Waals surface area contributed by atoms with Crippen LogP contribution in [0.25, 0.3) is 98.0 Å². The Morgan fingerprint density at radius 2 is 0.984 bits per heavy atom. The summed E-state index contributed by atoms with van der Waals surface area (Å²) in [5.74, 6) is 2.02. The average Bonchev–Trinajstić information content (AvgIpc) is 3.83. The highest BCUT2D eigenvalue weighted by Gasteiger charge is 2.29. The summed E-state index contributed by atoms with van der Waals surface area (Å²) in [6, 6.07) is 37.1. The number of anilines is 1. The van der Waals surface area contributed by atoms with Crippen LogP contribution in [0.2, 0.25) is 0 Å². The molecule has 13 rings (SSSR count). The van der Waals surface area contributed by atoms with Crippen molar-refractivity contribution in [2.45, 2.75) is 13.8 Å². The van der Waals surface area contributed by atoms with Gasteiger partial charge in [0.1, 0.15) is 34.3 Å². The minimum absolute atomic E-state index is 0.0792. The van der Waals surface area contributed by atoms with Gasteiger partial charge in [0.2, 0.25) is 0 Å². The Labute approximate surface area is 347 Å². The number of aromatic nitrogens is 4. The molecule has 0 spiro atoms. The van der Waals surface area contributed by atoms with E-state index in [4.69, 9.17) is 25.2 Å². The van der Waals surface area contributed by atoms with E-state index in [-0.39, 0.29) is 16.8 Å². The van der Waals surface area contributed by atoms with Crippen molar-refractivity contribution < 1.29 is 14.4 Å². The molecule has 0 atom stereocenters. The molecule has 13 aromatic rings. The number of nitro groups is 1. The van der Waals surface area contributed by atoms with E-state index in [9.17, 15) is 10.1 Å². The third kappa shape index (κ3) is 4.33. The summed E-state index contributed by atoms with van der Waals surface area (Å²) in [6.07, 6.45) is 0. The molecule has 12 heteroatoms. The lowest BCUT2D eigenvalue weighted by atomic mass is 9.85. The summed E-state index contributed by atoms with van der Waals surface area (Å²) in [6.45, 7) is 3.56. The van der Waals surface area contributed by atoms with Gasteiger partial charge >= 0.3 is 0 Å². The van der Waals surface area contributed by atoms with Crippen LogP contribution in [-0.2, 0) is 0 Å². The van der Waals surface area contributed by atoms with Crippen LogP contribution in [0, 0.1) is 24.0 Å². The van der Waals surface area contributed by atoms with Crippen LogP contribution in [0.1, 0.15) is 11.1 Å². The van der Waals surface area contributed by atoms with Gasteiger partial charge in [-0.2, -0.15) is 0 Å². The number of rotatable bonds is 5. The fraction of sp³-hybridized carbons (Fsp3) is 0.0400. The number of pyridine rings is 2. The maximum atomic E-state index is 15.0. The first-order valence-electron chi connectivity index (χ1n) is 19.9. The lowest BCUT2D eigenvalue weighted by Gasteiger charge is -2.22. The van der Waals surface area contributed by atoms with E-state index < -0.39 is 4.92 Å². The van der Waals surface area contributed by atoms with E-state index in [1.54, 1.807) is 29.5 Å². The SMILES string of the molecule is Cc1cc2c(cc1N)nc1c3ccc4c5c(Oc6ccccc6)cc6c(=O)n7c8cc(C)c([N+](=O)[O-])cc8nc7c7ccc(c8c(Oc9ccccc9)cc(c(=O)n21)c3c48)c5c67. The third-order valence-corrected chi connectivity index (χ3v) is 12.5. The second-order valence-corrected chi connectivity index (χ2v) is 16.0. The quantitative estimate of drug-likeness (QED) is 0.0587. The Balaban J connectivity index is 1.27. The van der Waals surface area contributed by atoms with Crippen LogP contribution in [0.4, 0.5) is 11.4 Å². The molecule has 0 aliphatic carbocycles. The molecule has 294 valence electrons. The number of hydrogen-bond acceptors (Lipinski definition) is 9. The predicted octanol–water partition coefficient (Wildman–Crippen LogP) is 10.9. The summed E-state index contributed by atoms with van der Waals surface area (Å²) in [5, 5.41) is 20.2. The van der Waals surface area contributed by atoms with Crippen molar-refractivity contribution in [3.63, 3.8) is 0 Å². The highest BCUT2D eigenvalue weighted by molar-refractivity contribution is 6.42. The Hall–Kier alpha value is -8.64. The van der Waals surface area contributed by atoms with E-state index in [2.05, 4.69) is 0 Å². The molecule has 0 aliphatic rings. The Morgan fingerprint density at radius 3 is 1.47 bits per heavy atom. The Bertz CT molecular complexity index is 4260. The fourth-order valence-electron chi connectivity index (χ4n) is 9.81. The maximum absolute atomic E-state index is 15.0. The lowest BCUT2D eigenvalue weighted by molar-refractivity contribution is -0.385. The first-order valence-corrected chi connectivity index (χ1v) is 19.9. The molecular weight excluding hydrogens is 781 g/mol. The molecule has 12 nitrogen and oxygen atoms in total. The molecule has 0 saturated heterocycles. The molecule has 4 heterocycles. The van der Waals surface area contributed by atoms with Crippen molar-refractivity contribution in [2.75, 3.05) is 5.73 Å². The molecular formula is C50H28N6O6. The summed E-state index contributed by atoms with van der Waals surface area (Å²) >= 11 is 0. The molecule has 9 aromatic carbocycles. The molecule has 0 unspecified atom stereocenters. The smallest absolute Gasteiger partial charge is 0.274 e. The first kappa shape index (κ1) is 34.2. The zero-order chi connectivity index (χ0) is 41.9. The Morgan fingerprint density at radius 1 is 0.532 bits per heavy atom. The van der Waals surface area contributed by atoms with Crippen LogP contribution in [0.3, 0.4) is 0 Å². The molecule has 0 aliphatic heterocycles. The van der Waals surface area contributed by atoms with Crippen molar-refractivity contribution in [1.82, 2.24) is 18.8 Å². The summed E-state index contributed by atoms with van der Waals surface area (Å²) in [4.78, 5) is 51.5. The van der Waals surface area contributed by atoms with Crippen molar-refractivity contribution in [2.24, 2.45) is 0 Å². The number of fused-ring (bicyclic) bond motifs is 10. The van der Waals surface area contributed by atoms with Gasteiger partial charge in [-0.15, -0.1) is 0 Å². The van der Waals surface area contributed by atoms with Gasteiger partial charge in [0.05, 0.1) is 37.8 Å². The highest BCUT2D eigenvalue weighted by atomic mass is 16.6. The average molecular weight is 809 g/mol. The number of ether oxygens (including phenoxy) is 2. The van der Waals surface area contributed by atoms with Gasteiger partial charge in [-0.25, -0.2) is 9.97 Å². The molecule has 0 fully saturated rings. The fourth-order valence-corrected chi connectivity index (χ4v) is 9.81. The predicted molar refractivity (Wildman–Crippen MR) is 244 cm³/mol. The third-order valence-electron chi connectivity index (χ3n) is 12.5. The number of benzene rings is 9. The van der Waals surface area contributed by atoms with Crippen molar-refractivity contribution >= 4 is 109 Å². The molecule has 4 aromatic heterocycles. The number of imidazole rings is 2. The van der Waals surface area contributed by atoms with E-state index in [0.29, 0.717) is 89.2 Å². The molecule has 2 N–H and O–H groups in total. The second kappa shape index (κ2) is 11.8. The Kier molecular flexibility index (Phi) is 6.50. The summed E-state index contributed by atoms with van der Waals surface area (Å²) < 4.78 is 16.8. The molecule has 0 saturated carbocycles. The monoisotopic (exact) mass is 808 g/mol.